The number of carbonyl (C=O) groups excluding carboxylic acids is 1. The lowest BCUT2D eigenvalue weighted by molar-refractivity contribution is 0.0782. The summed E-state index contributed by atoms with van der Waals surface area (Å²) in [7, 11) is 1.67. The number of carbonyl (C=O) groups is 1. The summed E-state index contributed by atoms with van der Waals surface area (Å²) in [4.78, 5) is 14.5. The number of phenols is 1. The molecule has 33 heavy (non-hydrogen) atoms. The van der Waals surface area contributed by atoms with E-state index in [9.17, 15) is 14.5 Å². The minimum absolute atomic E-state index is 0.135. The van der Waals surface area contributed by atoms with E-state index in [1.165, 1.54) is 4.90 Å². The highest BCUT2D eigenvalue weighted by molar-refractivity contribution is 9.10. The van der Waals surface area contributed by atoms with Gasteiger partial charge < -0.3 is 25.2 Å². The molecule has 0 spiro atoms. The van der Waals surface area contributed by atoms with E-state index in [1.807, 2.05) is 54.6 Å². The largest absolute Gasteiger partial charge is 0.546 e. The summed E-state index contributed by atoms with van der Waals surface area (Å²) in [5, 5.41) is 16.8. The summed E-state index contributed by atoms with van der Waals surface area (Å²) >= 11 is 1.64. The number of amides is 1. The molecule has 1 heterocycles. The predicted molar refractivity (Wildman–Crippen MR) is 132 cm³/mol. The van der Waals surface area contributed by atoms with E-state index >= 15 is 0 Å². The summed E-state index contributed by atoms with van der Waals surface area (Å²) < 4.78 is 20.8. The van der Waals surface area contributed by atoms with Crippen molar-refractivity contribution in [3.8, 4) is 5.75 Å². The van der Waals surface area contributed by atoms with Gasteiger partial charge in [-0.25, -0.2) is 0 Å². The Morgan fingerprint density at radius 3 is 2.27 bits per heavy atom. The number of hydrogen-bond donors (Lipinski definition) is 3. The number of hydrogen-bond acceptors (Lipinski definition) is 7. The van der Waals surface area contributed by atoms with Crippen molar-refractivity contribution in [2.75, 3.05) is 17.7 Å². The molecule has 1 atom stereocenters. The van der Waals surface area contributed by atoms with Gasteiger partial charge in [-0.2, -0.15) is 0 Å². The first-order valence-electron chi connectivity index (χ1n) is 9.92. The number of benzene rings is 3. The summed E-state index contributed by atoms with van der Waals surface area (Å²) in [5.41, 5.74) is 2.06. The first-order valence-corrected chi connectivity index (χ1v) is 11.8. The first-order chi connectivity index (χ1) is 15.9. The van der Waals surface area contributed by atoms with E-state index < -0.39 is 11.1 Å². The molecule has 0 aliphatic heterocycles. The molecule has 3 aromatic carbocycles. The number of aromatic nitrogens is 2. The van der Waals surface area contributed by atoms with E-state index in [2.05, 4.69) is 35.3 Å². The molecule has 0 saturated heterocycles. The average molecular weight is 526 g/mol. The SMILES string of the molecule is CN(Cc1ccccc1)C(=O)c1cccc(Nc2n[s+]([O-])nc2Nc2ccccc2Br)c1O. The third-order valence-electron chi connectivity index (χ3n) is 4.82. The van der Waals surface area contributed by atoms with E-state index in [0.29, 0.717) is 12.2 Å². The van der Waals surface area contributed by atoms with Crippen LogP contribution in [-0.4, -0.2) is 36.3 Å². The van der Waals surface area contributed by atoms with Gasteiger partial charge in [0.15, 0.2) is 16.9 Å². The van der Waals surface area contributed by atoms with Gasteiger partial charge in [0.2, 0.25) is 11.6 Å². The zero-order valence-corrected chi connectivity index (χ0v) is 19.9. The molecule has 0 aliphatic carbocycles. The van der Waals surface area contributed by atoms with Crippen molar-refractivity contribution in [3.05, 3.63) is 88.4 Å². The van der Waals surface area contributed by atoms with Crippen LogP contribution in [-0.2, 0) is 6.54 Å². The second-order valence-electron chi connectivity index (χ2n) is 7.19. The molecule has 1 aromatic heterocycles. The highest BCUT2D eigenvalue weighted by Crippen LogP contribution is 2.35. The van der Waals surface area contributed by atoms with Gasteiger partial charge in [-0.05, 0) is 45.8 Å². The van der Waals surface area contributed by atoms with Crippen LogP contribution in [0.15, 0.2) is 77.3 Å². The molecule has 0 radical (unpaired) electrons. The number of aromatic hydroxyl groups is 1. The van der Waals surface area contributed by atoms with Crippen molar-refractivity contribution >= 4 is 56.0 Å². The topological polar surface area (TPSA) is 113 Å². The van der Waals surface area contributed by atoms with Crippen LogP contribution in [0.1, 0.15) is 15.9 Å². The highest BCUT2D eigenvalue weighted by Gasteiger charge is 2.22. The molecule has 0 saturated carbocycles. The molecule has 168 valence electrons. The second-order valence-corrected chi connectivity index (χ2v) is 8.87. The quantitative estimate of drug-likeness (QED) is 0.217. The Bertz CT molecular complexity index is 1280. The number of phenolic OH excluding ortho intramolecular Hbond substituents is 1. The lowest BCUT2D eigenvalue weighted by atomic mass is 10.1. The molecule has 0 bridgehead atoms. The minimum atomic E-state index is -1.81. The van der Waals surface area contributed by atoms with Crippen LogP contribution in [0.25, 0.3) is 0 Å². The summed E-state index contributed by atoms with van der Waals surface area (Å²) in [6.07, 6.45) is 0. The van der Waals surface area contributed by atoms with Crippen LogP contribution in [0.5, 0.6) is 5.75 Å². The van der Waals surface area contributed by atoms with Crippen LogP contribution in [0, 0.1) is 0 Å². The zero-order chi connectivity index (χ0) is 23.4. The smallest absolute Gasteiger partial charge is 0.257 e. The summed E-state index contributed by atoms with van der Waals surface area (Å²) in [6, 6.07) is 21.8. The maximum Gasteiger partial charge on any atom is 0.257 e. The Labute approximate surface area is 202 Å². The van der Waals surface area contributed by atoms with E-state index in [4.69, 9.17) is 0 Å². The Kier molecular flexibility index (Phi) is 6.87. The minimum Gasteiger partial charge on any atom is -0.546 e. The fourth-order valence-corrected chi connectivity index (χ4v) is 4.20. The lowest BCUT2D eigenvalue weighted by Crippen LogP contribution is -2.26. The zero-order valence-electron chi connectivity index (χ0n) is 17.5. The second kappa shape index (κ2) is 9.99. The molecule has 3 N–H and O–H groups in total. The summed E-state index contributed by atoms with van der Waals surface area (Å²) in [5.74, 6) is -0.139. The number of nitrogens with one attached hydrogen (secondary N) is 2. The summed E-state index contributed by atoms with van der Waals surface area (Å²) in [6.45, 7) is 0.398. The number of nitrogens with zero attached hydrogens (tertiary/aromatic N) is 3. The third kappa shape index (κ3) is 5.30. The average Bonchev–Trinajstić information content (AvgIpc) is 3.15. The molecule has 1 unspecified atom stereocenters. The van der Waals surface area contributed by atoms with Crippen LogP contribution in [0.3, 0.4) is 0 Å². The van der Waals surface area contributed by atoms with Crippen molar-refractivity contribution in [2.45, 2.75) is 6.54 Å². The molecule has 1 amide bonds. The van der Waals surface area contributed by atoms with Gasteiger partial charge in [-0.1, -0.05) is 48.5 Å². The molecular formula is C23H20BrN5O3S. The Hall–Kier alpha value is -3.47. The molecule has 4 aromatic rings. The van der Waals surface area contributed by atoms with Gasteiger partial charge in [0.25, 0.3) is 5.91 Å². The van der Waals surface area contributed by atoms with Gasteiger partial charge in [0, 0.05) is 26.8 Å². The van der Waals surface area contributed by atoms with Crippen LogP contribution in [0.4, 0.5) is 23.0 Å². The van der Waals surface area contributed by atoms with Crippen LogP contribution < -0.4 is 10.6 Å². The van der Waals surface area contributed by atoms with Gasteiger partial charge in [0.05, 0.1) is 16.9 Å². The Balaban J connectivity index is 1.56. The van der Waals surface area contributed by atoms with Crippen molar-refractivity contribution in [1.29, 1.82) is 0 Å². The van der Waals surface area contributed by atoms with Gasteiger partial charge >= 0.3 is 0 Å². The van der Waals surface area contributed by atoms with Gasteiger partial charge in [0.1, 0.15) is 0 Å². The normalized spacial score (nSPS) is 11.2. The van der Waals surface area contributed by atoms with Crippen LogP contribution in [0.2, 0.25) is 0 Å². The highest BCUT2D eigenvalue weighted by atomic mass is 79.9. The molecule has 0 aliphatic rings. The van der Waals surface area contributed by atoms with Crippen molar-refractivity contribution in [3.63, 3.8) is 0 Å². The van der Waals surface area contributed by atoms with E-state index in [-0.39, 0.29) is 34.5 Å². The predicted octanol–water partition coefficient (Wildman–Crippen LogP) is 5.43. The maximum absolute atomic E-state index is 13.0. The van der Waals surface area contributed by atoms with Crippen molar-refractivity contribution < 1.29 is 14.5 Å². The maximum atomic E-state index is 13.0. The van der Waals surface area contributed by atoms with Gasteiger partial charge in [-0.3, -0.25) is 4.79 Å². The molecular weight excluding hydrogens is 506 g/mol. The number of rotatable bonds is 7. The number of para-hydroxylation sites is 2. The molecule has 10 heteroatoms. The van der Waals surface area contributed by atoms with Crippen molar-refractivity contribution in [1.82, 2.24) is 13.6 Å². The number of halogens is 1. The van der Waals surface area contributed by atoms with Gasteiger partial charge in [-0.15, -0.1) is 0 Å². The fourth-order valence-electron chi connectivity index (χ4n) is 3.20. The molecule has 8 nitrogen and oxygen atoms in total. The van der Waals surface area contributed by atoms with E-state index in [1.54, 1.807) is 25.2 Å². The number of anilines is 4. The Morgan fingerprint density at radius 1 is 0.970 bits per heavy atom. The van der Waals surface area contributed by atoms with Crippen molar-refractivity contribution in [2.24, 2.45) is 0 Å². The molecule has 4 rings (SSSR count). The monoisotopic (exact) mass is 525 g/mol. The van der Waals surface area contributed by atoms with Crippen LogP contribution >= 0.6 is 27.1 Å². The Morgan fingerprint density at radius 2 is 1.58 bits per heavy atom. The standard InChI is InChI=1S/C23H20BrN5O3S/c1-29(14-15-8-3-2-4-9-15)23(31)16-10-7-13-19(20(16)30)26-22-21(27-33(32)28-22)25-18-12-6-5-11-17(18)24/h2-13,30H,14H2,1H3,(H,25,27)(H,26,28). The lowest BCUT2D eigenvalue weighted by Gasteiger charge is -2.19. The third-order valence-corrected chi connectivity index (χ3v) is 6.19. The first kappa shape index (κ1) is 22.7. The molecule has 0 fully saturated rings. The fraction of sp³-hybridized carbons (Fsp3) is 0.0870. The van der Waals surface area contributed by atoms with E-state index in [0.717, 1.165) is 10.0 Å².